The molecule has 0 saturated heterocycles. The number of amides is 1. The first-order chi connectivity index (χ1) is 11.3. The number of benzene rings is 1. The lowest BCUT2D eigenvalue weighted by Crippen LogP contribution is -2.43. The zero-order valence-corrected chi connectivity index (χ0v) is 13.9. The Labute approximate surface area is 139 Å². The lowest BCUT2D eigenvalue weighted by Gasteiger charge is -2.20. The molecule has 1 atom stereocenters. The van der Waals surface area contributed by atoms with Gasteiger partial charge in [0.2, 0.25) is 5.91 Å². The van der Waals surface area contributed by atoms with E-state index in [4.69, 9.17) is 9.47 Å². The van der Waals surface area contributed by atoms with Gasteiger partial charge in [0.15, 0.2) is 6.29 Å². The maximum absolute atomic E-state index is 12.7. The van der Waals surface area contributed by atoms with Gasteiger partial charge in [0, 0.05) is 25.4 Å². The van der Waals surface area contributed by atoms with Crippen molar-refractivity contribution in [3.8, 4) is 0 Å². The Balaban J connectivity index is 2.58. The van der Waals surface area contributed by atoms with Crippen LogP contribution in [0.5, 0.6) is 0 Å². The average Bonchev–Trinajstić information content (AvgIpc) is 2.52. The van der Waals surface area contributed by atoms with Gasteiger partial charge >= 0.3 is 6.18 Å². The van der Waals surface area contributed by atoms with Crippen molar-refractivity contribution in [1.82, 2.24) is 5.32 Å². The van der Waals surface area contributed by atoms with E-state index in [1.54, 1.807) is 6.92 Å². The van der Waals surface area contributed by atoms with Gasteiger partial charge in [-0.05, 0) is 39.0 Å². The number of hydrogen-bond acceptors (Lipinski definition) is 4. The van der Waals surface area contributed by atoms with Crippen LogP contribution in [-0.4, -0.2) is 38.0 Å². The molecule has 1 unspecified atom stereocenters. The Kier molecular flexibility index (Phi) is 8.17. The Morgan fingerprint density at radius 1 is 1.21 bits per heavy atom. The van der Waals surface area contributed by atoms with Crippen molar-refractivity contribution in [2.75, 3.05) is 25.1 Å². The van der Waals surface area contributed by atoms with Crippen LogP contribution in [-0.2, 0) is 20.4 Å². The summed E-state index contributed by atoms with van der Waals surface area (Å²) >= 11 is 0. The number of ether oxygens (including phenoxy) is 2. The second kappa shape index (κ2) is 9.61. The molecule has 1 aromatic rings. The smallest absolute Gasteiger partial charge is 0.352 e. The first-order valence-electron chi connectivity index (χ1n) is 7.72. The molecule has 1 rings (SSSR count). The molecule has 0 spiro atoms. The van der Waals surface area contributed by atoms with Crippen molar-refractivity contribution in [3.05, 3.63) is 29.8 Å². The highest BCUT2D eigenvalue weighted by atomic mass is 19.4. The maximum Gasteiger partial charge on any atom is 0.416 e. The third-order valence-electron chi connectivity index (χ3n) is 3.15. The number of nitrogens with one attached hydrogen (secondary N) is 2. The summed E-state index contributed by atoms with van der Waals surface area (Å²) in [6.07, 6.45) is -4.93. The molecular formula is C16H23F3N2O3. The minimum Gasteiger partial charge on any atom is -0.352 e. The summed E-state index contributed by atoms with van der Waals surface area (Å²) in [5.74, 6) is -0.443. The largest absolute Gasteiger partial charge is 0.416 e. The highest BCUT2D eigenvalue weighted by Crippen LogP contribution is 2.30. The SMILES string of the molecule is CCOC(CNC(C)C(=O)Nc1cccc(C(F)(F)F)c1)OCC. The summed E-state index contributed by atoms with van der Waals surface area (Å²) in [4.78, 5) is 12.1. The summed E-state index contributed by atoms with van der Waals surface area (Å²) in [7, 11) is 0. The third kappa shape index (κ3) is 6.86. The molecule has 0 aliphatic rings. The molecule has 0 aliphatic heterocycles. The van der Waals surface area contributed by atoms with E-state index < -0.39 is 30.0 Å². The molecular weight excluding hydrogens is 325 g/mol. The molecule has 2 N–H and O–H groups in total. The molecule has 0 heterocycles. The number of anilines is 1. The lowest BCUT2D eigenvalue weighted by atomic mass is 10.2. The normalized spacial score (nSPS) is 13.1. The van der Waals surface area contributed by atoms with Gasteiger partial charge in [-0.3, -0.25) is 4.79 Å². The third-order valence-corrected chi connectivity index (χ3v) is 3.15. The molecule has 0 radical (unpaired) electrons. The van der Waals surface area contributed by atoms with Gasteiger partial charge in [0.05, 0.1) is 11.6 Å². The van der Waals surface area contributed by atoms with Crippen LogP contribution in [0.4, 0.5) is 18.9 Å². The fourth-order valence-electron chi connectivity index (χ4n) is 1.93. The number of carbonyl (C=O) groups is 1. The molecule has 0 aliphatic carbocycles. The minimum absolute atomic E-state index is 0.0923. The zero-order valence-electron chi connectivity index (χ0n) is 13.9. The Bertz CT molecular complexity index is 518. The van der Waals surface area contributed by atoms with Crippen molar-refractivity contribution in [2.24, 2.45) is 0 Å². The van der Waals surface area contributed by atoms with Crippen molar-refractivity contribution in [3.63, 3.8) is 0 Å². The van der Waals surface area contributed by atoms with E-state index in [0.717, 1.165) is 12.1 Å². The first-order valence-corrected chi connectivity index (χ1v) is 7.72. The van der Waals surface area contributed by atoms with Gasteiger partial charge in [-0.15, -0.1) is 0 Å². The Morgan fingerprint density at radius 2 is 1.83 bits per heavy atom. The number of rotatable bonds is 9. The van der Waals surface area contributed by atoms with Crippen LogP contribution in [0.1, 0.15) is 26.3 Å². The highest BCUT2D eigenvalue weighted by molar-refractivity contribution is 5.94. The van der Waals surface area contributed by atoms with Gasteiger partial charge in [0.1, 0.15) is 0 Å². The molecule has 1 amide bonds. The van der Waals surface area contributed by atoms with Crippen LogP contribution in [0.25, 0.3) is 0 Å². The predicted molar refractivity (Wildman–Crippen MR) is 84.6 cm³/mol. The van der Waals surface area contributed by atoms with Crippen LogP contribution in [0.15, 0.2) is 24.3 Å². The van der Waals surface area contributed by atoms with Crippen molar-refractivity contribution >= 4 is 11.6 Å². The molecule has 0 saturated carbocycles. The molecule has 0 aromatic heterocycles. The van der Waals surface area contributed by atoms with E-state index in [-0.39, 0.29) is 5.69 Å². The summed E-state index contributed by atoms with van der Waals surface area (Å²) in [5, 5.41) is 5.39. The van der Waals surface area contributed by atoms with Crippen LogP contribution >= 0.6 is 0 Å². The molecule has 0 bridgehead atoms. The van der Waals surface area contributed by atoms with E-state index in [1.165, 1.54) is 12.1 Å². The van der Waals surface area contributed by atoms with Crippen LogP contribution in [0.3, 0.4) is 0 Å². The molecule has 1 aromatic carbocycles. The van der Waals surface area contributed by atoms with Gasteiger partial charge in [-0.1, -0.05) is 6.07 Å². The van der Waals surface area contributed by atoms with Crippen LogP contribution in [0.2, 0.25) is 0 Å². The van der Waals surface area contributed by atoms with Gasteiger partial charge in [-0.2, -0.15) is 13.2 Å². The number of carbonyl (C=O) groups excluding carboxylic acids is 1. The van der Waals surface area contributed by atoms with Crippen LogP contribution in [0, 0.1) is 0 Å². The van der Waals surface area contributed by atoms with E-state index in [9.17, 15) is 18.0 Å². The van der Waals surface area contributed by atoms with E-state index in [2.05, 4.69) is 10.6 Å². The summed E-state index contributed by atoms with van der Waals surface area (Å²) in [5.41, 5.74) is -0.719. The zero-order chi connectivity index (χ0) is 18.2. The molecule has 136 valence electrons. The maximum atomic E-state index is 12.7. The molecule has 8 heteroatoms. The number of halogens is 3. The second-order valence-corrected chi connectivity index (χ2v) is 5.04. The van der Waals surface area contributed by atoms with Crippen molar-refractivity contribution in [2.45, 2.75) is 39.3 Å². The van der Waals surface area contributed by atoms with Gasteiger partial charge in [0.25, 0.3) is 0 Å². The quantitative estimate of drug-likeness (QED) is 0.674. The lowest BCUT2D eigenvalue weighted by molar-refractivity contribution is -0.137. The summed E-state index contributed by atoms with van der Waals surface area (Å²) < 4.78 is 48.7. The predicted octanol–water partition coefficient (Wildman–Crippen LogP) is 3.02. The summed E-state index contributed by atoms with van der Waals surface area (Å²) in [6, 6.07) is 3.88. The topological polar surface area (TPSA) is 59.6 Å². The first kappa shape index (κ1) is 20.4. The fraction of sp³-hybridized carbons (Fsp3) is 0.562. The van der Waals surface area contributed by atoms with E-state index in [1.807, 2.05) is 13.8 Å². The number of alkyl halides is 3. The minimum atomic E-state index is -4.45. The molecule has 24 heavy (non-hydrogen) atoms. The fourth-order valence-corrected chi connectivity index (χ4v) is 1.93. The monoisotopic (exact) mass is 348 g/mol. The van der Waals surface area contributed by atoms with Gasteiger partial charge < -0.3 is 20.1 Å². The van der Waals surface area contributed by atoms with E-state index in [0.29, 0.717) is 19.8 Å². The van der Waals surface area contributed by atoms with E-state index >= 15 is 0 Å². The molecule has 0 fully saturated rings. The number of hydrogen-bond donors (Lipinski definition) is 2. The molecule has 5 nitrogen and oxygen atoms in total. The standard InChI is InChI=1S/C16H23F3N2O3/c1-4-23-14(24-5-2)10-20-11(3)15(22)21-13-8-6-7-12(9-13)16(17,18)19/h6-9,11,14,20H,4-5,10H2,1-3H3,(H,21,22). The van der Waals surface area contributed by atoms with Crippen molar-refractivity contribution < 1.29 is 27.4 Å². The summed E-state index contributed by atoms with van der Waals surface area (Å²) in [6.45, 7) is 6.50. The average molecular weight is 348 g/mol. The second-order valence-electron chi connectivity index (χ2n) is 5.04. The highest BCUT2D eigenvalue weighted by Gasteiger charge is 2.30. The van der Waals surface area contributed by atoms with Crippen LogP contribution < -0.4 is 10.6 Å². The Hall–Kier alpha value is -1.64. The van der Waals surface area contributed by atoms with Crippen molar-refractivity contribution in [1.29, 1.82) is 0 Å². The van der Waals surface area contributed by atoms with Gasteiger partial charge in [-0.25, -0.2) is 0 Å². The Morgan fingerprint density at radius 3 is 2.38 bits per heavy atom.